The maximum atomic E-state index is 12.5. The standard InChI is InChI=1S/C14H21BrN2O2S/c1-3-17-8-4-5-12(10-17)16-20(18,19)14-7-6-11(2)9-13(14)15/h6-7,9,12,16H,3-5,8,10H2,1-2H3. The highest BCUT2D eigenvalue weighted by Crippen LogP contribution is 2.24. The number of benzene rings is 1. The van der Waals surface area contributed by atoms with Crippen molar-refractivity contribution in [3.63, 3.8) is 0 Å². The average Bonchev–Trinajstić information content (AvgIpc) is 2.37. The van der Waals surface area contributed by atoms with Gasteiger partial charge < -0.3 is 4.90 Å². The Morgan fingerprint density at radius 1 is 1.45 bits per heavy atom. The number of piperidine rings is 1. The van der Waals surface area contributed by atoms with Gasteiger partial charge in [-0.05, 0) is 66.5 Å². The Hall–Kier alpha value is -0.430. The molecular weight excluding hydrogens is 340 g/mol. The van der Waals surface area contributed by atoms with Gasteiger partial charge in [0.2, 0.25) is 10.0 Å². The lowest BCUT2D eigenvalue weighted by atomic mass is 10.1. The van der Waals surface area contributed by atoms with E-state index in [4.69, 9.17) is 0 Å². The summed E-state index contributed by atoms with van der Waals surface area (Å²) < 4.78 is 28.4. The molecule has 1 fully saturated rings. The van der Waals surface area contributed by atoms with E-state index in [-0.39, 0.29) is 6.04 Å². The number of nitrogens with one attached hydrogen (secondary N) is 1. The van der Waals surface area contributed by atoms with Crippen LogP contribution in [0.4, 0.5) is 0 Å². The lowest BCUT2D eigenvalue weighted by molar-refractivity contribution is 0.211. The molecule has 0 bridgehead atoms. The van der Waals surface area contributed by atoms with E-state index in [1.807, 2.05) is 19.1 Å². The molecule has 0 saturated carbocycles. The zero-order valence-corrected chi connectivity index (χ0v) is 14.3. The predicted molar refractivity (Wildman–Crippen MR) is 84.3 cm³/mol. The topological polar surface area (TPSA) is 49.4 Å². The van der Waals surface area contributed by atoms with Crippen molar-refractivity contribution in [2.24, 2.45) is 0 Å². The van der Waals surface area contributed by atoms with Gasteiger partial charge in [0.1, 0.15) is 0 Å². The molecule has 2 rings (SSSR count). The average molecular weight is 361 g/mol. The third-order valence-electron chi connectivity index (χ3n) is 3.65. The van der Waals surface area contributed by atoms with Crippen molar-refractivity contribution in [2.45, 2.75) is 37.6 Å². The zero-order chi connectivity index (χ0) is 14.8. The minimum Gasteiger partial charge on any atom is -0.302 e. The van der Waals surface area contributed by atoms with Crippen LogP contribution in [-0.2, 0) is 10.0 Å². The molecule has 0 aromatic heterocycles. The fourth-order valence-electron chi connectivity index (χ4n) is 2.55. The first kappa shape index (κ1) is 15.9. The fourth-order valence-corrected chi connectivity index (χ4v) is 5.00. The molecule has 1 aromatic carbocycles. The minimum atomic E-state index is -3.46. The normalized spacial score (nSPS) is 21.1. The van der Waals surface area contributed by atoms with E-state index >= 15 is 0 Å². The van der Waals surface area contributed by atoms with Crippen molar-refractivity contribution in [3.8, 4) is 0 Å². The molecule has 0 amide bonds. The molecule has 1 atom stereocenters. The molecule has 0 spiro atoms. The number of halogens is 1. The van der Waals surface area contributed by atoms with Gasteiger partial charge in [-0.15, -0.1) is 0 Å². The zero-order valence-electron chi connectivity index (χ0n) is 11.9. The van der Waals surface area contributed by atoms with Crippen molar-refractivity contribution in [1.82, 2.24) is 9.62 Å². The monoisotopic (exact) mass is 360 g/mol. The van der Waals surface area contributed by atoms with E-state index < -0.39 is 10.0 Å². The summed E-state index contributed by atoms with van der Waals surface area (Å²) in [4.78, 5) is 2.60. The van der Waals surface area contributed by atoms with Crippen LogP contribution in [0.25, 0.3) is 0 Å². The summed E-state index contributed by atoms with van der Waals surface area (Å²) in [5.41, 5.74) is 1.03. The maximum absolute atomic E-state index is 12.5. The van der Waals surface area contributed by atoms with Crippen LogP contribution in [0.2, 0.25) is 0 Å². The molecule has 1 heterocycles. The number of sulfonamides is 1. The summed E-state index contributed by atoms with van der Waals surface area (Å²) in [6, 6.07) is 5.30. The van der Waals surface area contributed by atoms with Gasteiger partial charge in [0, 0.05) is 17.1 Å². The first-order valence-electron chi connectivity index (χ1n) is 6.93. The molecule has 1 aromatic rings. The molecule has 0 radical (unpaired) electrons. The number of likely N-dealkylation sites (N-methyl/N-ethyl adjacent to an activating group) is 1. The van der Waals surface area contributed by atoms with Gasteiger partial charge in [0.05, 0.1) is 4.90 Å². The second kappa shape index (κ2) is 6.56. The van der Waals surface area contributed by atoms with Crippen molar-refractivity contribution in [3.05, 3.63) is 28.2 Å². The number of hydrogen-bond acceptors (Lipinski definition) is 3. The summed E-state index contributed by atoms with van der Waals surface area (Å²) in [5.74, 6) is 0. The van der Waals surface area contributed by atoms with Gasteiger partial charge >= 0.3 is 0 Å². The van der Waals surface area contributed by atoms with Gasteiger partial charge in [0.25, 0.3) is 0 Å². The molecule has 1 aliphatic rings. The third kappa shape index (κ3) is 3.81. The Morgan fingerprint density at radius 2 is 2.20 bits per heavy atom. The molecule has 1 N–H and O–H groups in total. The fraction of sp³-hybridized carbons (Fsp3) is 0.571. The van der Waals surface area contributed by atoms with Gasteiger partial charge in [-0.25, -0.2) is 13.1 Å². The number of nitrogens with zero attached hydrogens (tertiary/aromatic N) is 1. The van der Waals surface area contributed by atoms with Crippen molar-refractivity contribution >= 4 is 26.0 Å². The SMILES string of the molecule is CCN1CCCC(NS(=O)(=O)c2ccc(C)cc2Br)C1. The number of aryl methyl sites for hydroxylation is 1. The van der Waals surface area contributed by atoms with E-state index in [0.717, 1.165) is 38.0 Å². The first-order chi connectivity index (χ1) is 9.42. The number of likely N-dealkylation sites (tertiary alicyclic amines) is 1. The van der Waals surface area contributed by atoms with Crippen LogP contribution in [0.15, 0.2) is 27.6 Å². The van der Waals surface area contributed by atoms with Crippen LogP contribution in [0, 0.1) is 6.92 Å². The lowest BCUT2D eigenvalue weighted by Crippen LogP contribution is -2.47. The van der Waals surface area contributed by atoms with Gasteiger partial charge in [-0.2, -0.15) is 0 Å². The second-order valence-electron chi connectivity index (χ2n) is 5.29. The number of hydrogen-bond donors (Lipinski definition) is 1. The summed E-state index contributed by atoms with van der Waals surface area (Å²) >= 11 is 3.34. The van der Waals surface area contributed by atoms with Crippen LogP contribution < -0.4 is 4.72 Å². The molecule has 4 nitrogen and oxygen atoms in total. The van der Waals surface area contributed by atoms with E-state index in [9.17, 15) is 8.42 Å². The Bertz CT molecular complexity index is 575. The van der Waals surface area contributed by atoms with Crippen LogP contribution in [0.3, 0.4) is 0 Å². The molecule has 1 aliphatic heterocycles. The molecule has 1 saturated heterocycles. The lowest BCUT2D eigenvalue weighted by Gasteiger charge is -2.32. The first-order valence-corrected chi connectivity index (χ1v) is 9.21. The molecule has 1 unspecified atom stereocenters. The Labute approximate surface area is 129 Å². The van der Waals surface area contributed by atoms with E-state index in [1.165, 1.54) is 0 Å². The Morgan fingerprint density at radius 3 is 2.85 bits per heavy atom. The maximum Gasteiger partial charge on any atom is 0.241 e. The summed E-state index contributed by atoms with van der Waals surface area (Å²) in [7, 11) is -3.46. The van der Waals surface area contributed by atoms with Crippen LogP contribution in [0.1, 0.15) is 25.3 Å². The second-order valence-corrected chi connectivity index (χ2v) is 7.82. The molecular formula is C14H21BrN2O2S. The van der Waals surface area contributed by atoms with Crippen molar-refractivity contribution in [2.75, 3.05) is 19.6 Å². The van der Waals surface area contributed by atoms with Crippen molar-refractivity contribution < 1.29 is 8.42 Å². The highest BCUT2D eigenvalue weighted by atomic mass is 79.9. The molecule has 6 heteroatoms. The minimum absolute atomic E-state index is 0.00176. The Balaban J connectivity index is 2.14. The van der Waals surface area contributed by atoms with Crippen LogP contribution >= 0.6 is 15.9 Å². The van der Waals surface area contributed by atoms with E-state index in [1.54, 1.807) is 6.07 Å². The van der Waals surface area contributed by atoms with Gasteiger partial charge in [0.15, 0.2) is 0 Å². The van der Waals surface area contributed by atoms with Crippen molar-refractivity contribution in [1.29, 1.82) is 0 Å². The summed E-state index contributed by atoms with van der Waals surface area (Å²) in [6.45, 7) is 6.86. The highest BCUT2D eigenvalue weighted by molar-refractivity contribution is 9.10. The highest BCUT2D eigenvalue weighted by Gasteiger charge is 2.25. The number of rotatable bonds is 4. The largest absolute Gasteiger partial charge is 0.302 e. The van der Waals surface area contributed by atoms with Gasteiger partial charge in [-0.1, -0.05) is 13.0 Å². The van der Waals surface area contributed by atoms with E-state index in [0.29, 0.717) is 9.37 Å². The quantitative estimate of drug-likeness (QED) is 0.897. The van der Waals surface area contributed by atoms with Crippen LogP contribution in [0.5, 0.6) is 0 Å². The Kier molecular flexibility index (Phi) is 5.23. The van der Waals surface area contributed by atoms with Crippen LogP contribution in [-0.4, -0.2) is 39.0 Å². The smallest absolute Gasteiger partial charge is 0.241 e. The molecule has 0 aliphatic carbocycles. The van der Waals surface area contributed by atoms with Gasteiger partial charge in [-0.3, -0.25) is 0 Å². The third-order valence-corrected chi connectivity index (χ3v) is 6.15. The summed E-state index contributed by atoms with van der Waals surface area (Å²) in [5, 5.41) is 0. The predicted octanol–water partition coefficient (Wildman–Crippen LogP) is 2.52. The molecule has 112 valence electrons. The summed E-state index contributed by atoms with van der Waals surface area (Å²) in [6.07, 6.45) is 1.94. The van der Waals surface area contributed by atoms with E-state index in [2.05, 4.69) is 32.5 Å². The molecule has 20 heavy (non-hydrogen) atoms.